The summed E-state index contributed by atoms with van der Waals surface area (Å²) >= 11 is 0. The maximum Gasteiger partial charge on any atom is 0.267 e. The van der Waals surface area contributed by atoms with Crippen LogP contribution < -0.4 is 0 Å². The van der Waals surface area contributed by atoms with Crippen LogP contribution >= 0.6 is 0 Å². The quantitative estimate of drug-likeness (QED) is 0.506. The Morgan fingerprint density at radius 1 is 1.70 bits per heavy atom. The van der Waals surface area contributed by atoms with Crippen molar-refractivity contribution >= 4 is 6.41 Å². The number of nitrogens with zero attached hydrogens (tertiary/aromatic N) is 1. The fourth-order valence-electron chi connectivity index (χ4n) is 1.18. The van der Waals surface area contributed by atoms with E-state index in [0.717, 1.165) is 4.90 Å². The fourth-order valence-corrected chi connectivity index (χ4v) is 1.18. The molecule has 0 bridgehead atoms. The van der Waals surface area contributed by atoms with E-state index in [1.807, 2.05) is 0 Å². The molecule has 0 unspecified atom stereocenters. The highest BCUT2D eigenvalue weighted by molar-refractivity contribution is 5.48. The third-order valence-electron chi connectivity index (χ3n) is 1.71. The Morgan fingerprint density at radius 3 is 2.50 bits per heavy atom. The minimum Gasteiger partial charge on any atom is -0.336 e. The van der Waals surface area contributed by atoms with E-state index in [4.69, 9.17) is 0 Å². The summed E-state index contributed by atoms with van der Waals surface area (Å²) in [5, 5.41) is 0. The lowest BCUT2D eigenvalue weighted by Crippen LogP contribution is -2.26. The first-order valence-electron chi connectivity index (χ1n) is 3.14. The van der Waals surface area contributed by atoms with Gasteiger partial charge in [-0.05, 0) is 6.92 Å². The van der Waals surface area contributed by atoms with E-state index >= 15 is 0 Å². The number of carbonyl (C=O) groups excluding carboxylic acids is 1. The zero-order valence-electron chi connectivity index (χ0n) is 5.68. The molecule has 1 amide bonds. The predicted molar refractivity (Wildman–Crippen MR) is 31.8 cm³/mol. The highest BCUT2D eigenvalue weighted by Gasteiger charge is 2.42. The second kappa shape index (κ2) is 2.18. The van der Waals surface area contributed by atoms with Crippen LogP contribution in [0.15, 0.2) is 0 Å². The summed E-state index contributed by atoms with van der Waals surface area (Å²) in [6.45, 7) is 1.20. The maximum absolute atomic E-state index is 12.4. The van der Waals surface area contributed by atoms with Crippen molar-refractivity contribution in [1.29, 1.82) is 0 Å². The van der Waals surface area contributed by atoms with Crippen LogP contribution in [0, 0.1) is 0 Å². The molecule has 1 aliphatic heterocycles. The van der Waals surface area contributed by atoms with Gasteiger partial charge in [0.05, 0.1) is 6.54 Å². The summed E-state index contributed by atoms with van der Waals surface area (Å²) in [6.07, 6.45) is 0.275. The lowest BCUT2D eigenvalue weighted by atomic mass is 10.2. The van der Waals surface area contributed by atoms with Crippen molar-refractivity contribution < 1.29 is 13.6 Å². The SMILES string of the molecule is C[C@H]1CC(F)(F)CN1C=O. The Balaban J connectivity index is 2.60. The number of hydrogen-bond donors (Lipinski definition) is 0. The van der Waals surface area contributed by atoms with Crippen molar-refractivity contribution in [2.24, 2.45) is 0 Å². The zero-order chi connectivity index (χ0) is 7.78. The van der Waals surface area contributed by atoms with E-state index in [0.29, 0.717) is 6.41 Å². The van der Waals surface area contributed by atoms with E-state index in [-0.39, 0.29) is 12.5 Å². The van der Waals surface area contributed by atoms with Crippen LogP contribution in [0.3, 0.4) is 0 Å². The minimum atomic E-state index is -2.67. The molecule has 0 aromatic carbocycles. The van der Waals surface area contributed by atoms with Gasteiger partial charge in [0.1, 0.15) is 0 Å². The van der Waals surface area contributed by atoms with Gasteiger partial charge < -0.3 is 4.90 Å². The highest BCUT2D eigenvalue weighted by atomic mass is 19.3. The van der Waals surface area contributed by atoms with Crippen LogP contribution in [-0.2, 0) is 4.79 Å². The van der Waals surface area contributed by atoms with Gasteiger partial charge in [-0.1, -0.05) is 0 Å². The van der Waals surface area contributed by atoms with Gasteiger partial charge in [0, 0.05) is 12.5 Å². The molecule has 1 fully saturated rings. The molecule has 1 aliphatic rings. The molecule has 2 nitrogen and oxygen atoms in total. The molecule has 0 radical (unpaired) electrons. The largest absolute Gasteiger partial charge is 0.336 e. The Hall–Kier alpha value is -0.670. The smallest absolute Gasteiger partial charge is 0.267 e. The summed E-state index contributed by atoms with van der Waals surface area (Å²) < 4.78 is 24.9. The molecule has 1 atom stereocenters. The summed E-state index contributed by atoms with van der Waals surface area (Å²) in [6, 6.07) is -0.313. The van der Waals surface area contributed by atoms with E-state index in [1.165, 1.54) is 0 Å². The van der Waals surface area contributed by atoms with Crippen LogP contribution in [0.2, 0.25) is 0 Å². The summed E-state index contributed by atoms with van der Waals surface area (Å²) in [5.41, 5.74) is 0. The van der Waals surface area contributed by atoms with Gasteiger partial charge in [-0.15, -0.1) is 0 Å². The molecule has 0 N–H and O–H groups in total. The van der Waals surface area contributed by atoms with E-state index in [2.05, 4.69) is 0 Å². The third kappa shape index (κ3) is 1.25. The minimum absolute atomic E-state index is 0.203. The average molecular weight is 149 g/mol. The Morgan fingerprint density at radius 2 is 2.30 bits per heavy atom. The first-order chi connectivity index (χ1) is 4.55. The van der Waals surface area contributed by atoms with E-state index < -0.39 is 12.5 Å². The molecule has 0 aromatic rings. The number of likely N-dealkylation sites (tertiary alicyclic amines) is 1. The van der Waals surface area contributed by atoms with Crippen molar-refractivity contribution in [2.75, 3.05) is 6.54 Å². The molecule has 1 heterocycles. The molecule has 1 rings (SSSR count). The molecule has 10 heavy (non-hydrogen) atoms. The van der Waals surface area contributed by atoms with Gasteiger partial charge in [0.2, 0.25) is 6.41 Å². The molecular formula is C6H9F2NO. The summed E-state index contributed by atoms with van der Waals surface area (Å²) in [4.78, 5) is 11.2. The first kappa shape index (κ1) is 7.44. The summed E-state index contributed by atoms with van der Waals surface area (Å²) in [5.74, 6) is -2.67. The Labute approximate surface area is 57.8 Å². The third-order valence-corrected chi connectivity index (χ3v) is 1.71. The Bertz CT molecular complexity index is 149. The number of alkyl halides is 2. The molecule has 0 saturated carbocycles. The predicted octanol–water partition coefficient (Wildman–Crippen LogP) is 0.872. The maximum atomic E-state index is 12.4. The van der Waals surface area contributed by atoms with Gasteiger partial charge in [-0.3, -0.25) is 4.79 Å². The number of carbonyl (C=O) groups is 1. The first-order valence-corrected chi connectivity index (χ1v) is 3.14. The number of rotatable bonds is 1. The standard InChI is InChI=1S/C6H9F2NO/c1-5-2-6(7,8)3-9(5)4-10/h4-5H,2-3H2,1H3/t5-/m0/s1. The fraction of sp³-hybridized carbons (Fsp3) is 0.833. The van der Waals surface area contributed by atoms with Crippen molar-refractivity contribution in [3.05, 3.63) is 0 Å². The lowest BCUT2D eigenvalue weighted by Gasteiger charge is -2.12. The van der Waals surface area contributed by atoms with Crippen molar-refractivity contribution in [1.82, 2.24) is 4.90 Å². The molecule has 1 saturated heterocycles. The number of hydrogen-bond acceptors (Lipinski definition) is 1. The molecule has 4 heteroatoms. The number of halogens is 2. The van der Waals surface area contributed by atoms with Crippen molar-refractivity contribution in [2.45, 2.75) is 25.3 Å². The van der Waals surface area contributed by atoms with Gasteiger partial charge >= 0.3 is 0 Å². The monoisotopic (exact) mass is 149 g/mol. The van der Waals surface area contributed by atoms with Crippen LogP contribution in [0.4, 0.5) is 8.78 Å². The van der Waals surface area contributed by atoms with E-state index in [9.17, 15) is 13.6 Å². The summed E-state index contributed by atoms with van der Waals surface area (Å²) in [7, 11) is 0. The van der Waals surface area contributed by atoms with Crippen LogP contribution in [-0.4, -0.2) is 29.8 Å². The second-order valence-corrected chi connectivity index (χ2v) is 2.69. The van der Waals surface area contributed by atoms with Gasteiger partial charge in [-0.2, -0.15) is 0 Å². The molecule has 0 aromatic heterocycles. The van der Waals surface area contributed by atoms with Gasteiger partial charge in [-0.25, -0.2) is 8.78 Å². The lowest BCUT2D eigenvalue weighted by molar-refractivity contribution is -0.119. The van der Waals surface area contributed by atoms with Crippen molar-refractivity contribution in [3.63, 3.8) is 0 Å². The van der Waals surface area contributed by atoms with E-state index in [1.54, 1.807) is 6.92 Å². The molecular weight excluding hydrogens is 140 g/mol. The normalized spacial score (nSPS) is 30.7. The second-order valence-electron chi connectivity index (χ2n) is 2.69. The molecule has 0 spiro atoms. The van der Waals surface area contributed by atoms with Crippen LogP contribution in [0.25, 0.3) is 0 Å². The highest BCUT2D eigenvalue weighted by Crippen LogP contribution is 2.30. The molecule has 58 valence electrons. The molecule has 0 aliphatic carbocycles. The van der Waals surface area contributed by atoms with Crippen LogP contribution in [0.1, 0.15) is 13.3 Å². The average Bonchev–Trinajstić information content (AvgIpc) is 2.05. The topological polar surface area (TPSA) is 20.3 Å². The van der Waals surface area contributed by atoms with Crippen LogP contribution in [0.5, 0.6) is 0 Å². The van der Waals surface area contributed by atoms with Gasteiger partial charge in [0.25, 0.3) is 5.92 Å². The van der Waals surface area contributed by atoms with Gasteiger partial charge in [0.15, 0.2) is 0 Å². The van der Waals surface area contributed by atoms with Crippen molar-refractivity contribution in [3.8, 4) is 0 Å². The number of amides is 1. The Kier molecular flexibility index (Phi) is 1.62. The zero-order valence-corrected chi connectivity index (χ0v) is 5.68.